The Morgan fingerprint density at radius 2 is 2.38 bits per heavy atom. The Kier molecular flexibility index (Phi) is 3.28. The summed E-state index contributed by atoms with van der Waals surface area (Å²) in [7, 11) is 0. The molecule has 2 unspecified atom stereocenters. The monoisotopic (exact) mass is 188 g/mol. The van der Waals surface area contributed by atoms with Gasteiger partial charge in [-0.15, -0.1) is 0 Å². The summed E-state index contributed by atoms with van der Waals surface area (Å²) in [6.07, 6.45) is 3.49. The molecule has 0 bridgehead atoms. The minimum absolute atomic E-state index is 0.187. The highest BCUT2D eigenvalue weighted by atomic mass is 19.1. The number of hydrogen-bond acceptors (Lipinski definition) is 1. The van der Waals surface area contributed by atoms with Crippen LogP contribution in [0.5, 0.6) is 0 Å². The summed E-state index contributed by atoms with van der Waals surface area (Å²) in [5.74, 6) is -0.381. The van der Waals surface area contributed by atoms with Crippen LogP contribution in [-0.4, -0.2) is 17.8 Å². The van der Waals surface area contributed by atoms with E-state index in [-0.39, 0.29) is 6.42 Å². The smallest absolute Gasteiger partial charge is 0.309 e. The molecule has 3 heteroatoms. The van der Waals surface area contributed by atoms with Crippen molar-refractivity contribution in [1.82, 2.24) is 0 Å². The molecular formula is C10H17FO2. The van der Waals surface area contributed by atoms with Crippen LogP contribution in [0.3, 0.4) is 0 Å². The molecule has 0 heterocycles. The van der Waals surface area contributed by atoms with E-state index >= 15 is 0 Å². The van der Waals surface area contributed by atoms with E-state index in [1.54, 1.807) is 0 Å². The van der Waals surface area contributed by atoms with Crippen LogP contribution >= 0.6 is 0 Å². The highest BCUT2D eigenvalue weighted by Crippen LogP contribution is 2.42. The van der Waals surface area contributed by atoms with E-state index in [2.05, 4.69) is 6.92 Å². The first-order valence-corrected chi connectivity index (χ1v) is 4.90. The number of halogens is 1. The number of carbonyl (C=O) groups is 1. The maximum Gasteiger partial charge on any atom is 0.309 e. The summed E-state index contributed by atoms with van der Waals surface area (Å²) in [5, 5.41) is 9.07. The molecule has 0 radical (unpaired) electrons. The molecule has 76 valence electrons. The van der Waals surface area contributed by atoms with Crippen molar-refractivity contribution in [3.8, 4) is 0 Å². The molecule has 1 saturated carbocycles. The quantitative estimate of drug-likeness (QED) is 0.739. The molecule has 0 amide bonds. The predicted molar refractivity (Wildman–Crippen MR) is 48.3 cm³/mol. The molecule has 0 aromatic heterocycles. The van der Waals surface area contributed by atoms with Crippen molar-refractivity contribution in [1.29, 1.82) is 0 Å². The van der Waals surface area contributed by atoms with Gasteiger partial charge in [0.1, 0.15) is 0 Å². The maximum atomic E-state index is 12.2. The molecule has 1 aliphatic rings. The lowest BCUT2D eigenvalue weighted by atomic mass is 9.68. The Hall–Kier alpha value is -0.600. The van der Waals surface area contributed by atoms with Crippen molar-refractivity contribution in [2.75, 3.05) is 6.67 Å². The van der Waals surface area contributed by atoms with Crippen molar-refractivity contribution >= 4 is 5.97 Å². The molecule has 0 aromatic carbocycles. The highest BCUT2D eigenvalue weighted by Gasteiger charge is 2.41. The molecule has 0 spiro atoms. The van der Waals surface area contributed by atoms with Gasteiger partial charge in [-0.25, -0.2) is 0 Å². The lowest BCUT2D eigenvalue weighted by molar-refractivity contribution is -0.152. The van der Waals surface area contributed by atoms with Crippen LogP contribution in [0.2, 0.25) is 0 Å². The second-order valence-electron chi connectivity index (χ2n) is 4.23. The zero-order valence-corrected chi connectivity index (χ0v) is 8.05. The molecule has 1 N–H and O–H groups in total. The Morgan fingerprint density at radius 3 is 2.85 bits per heavy atom. The van der Waals surface area contributed by atoms with Gasteiger partial charge in [0.25, 0.3) is 0 Å². The largest absolute Gasteiger partial charge is 0.481 e. The van der Waals surface area contributed by atoms with Gasteiger partial charge in [0, 0.05) is 0 Å². The number of rotatable bonds is 3. The number of aliphatic carboxylic acids is 1. The number of hydrogen-bond donors (Lipinski definition) is 1. The van der Waals surface area contributed by atoms with Crippen LogP contribution in [0.15, 0.2) is 0 Å². The third kappa shape index (κ3) is 2.20. The lowest BCUT2D eigenvalue weighted by Crippen LogP contribution is -2.36. The first-order valence-electron chi connectivity index (χ1n) is 4.90. The van der Waals surface area contributed by atoms with E-state index in [0.29, 0.717) is 18.8 Å². The van der Waals surface area contributed by atoms with Gasteiger partial charge in [0.05, 0.1) is 12.1 Å². The van der Waals surface area contributed by atoms with E-state index in [4.69, 9.17) is 5.11 Å². The zero-order valence-electron chi connectivity index (χ0n) is 8.05. The van der Waals surface area contributed by atoms with Crippen molar-refractivity contribution < 1.29 is 14.3 Å². The number of carboxylic acids is 1. The Morgan fingerprint density at radius 1 is 1.69 bits per heavy atom. The van der Waals surface area contributed by atoms with Crippen molar-refractivity contribution in [3.05, 3.63) is 0 Å². The summed E-state index contributed by atoms with van der Waals surface area (Å²) >= 11 is 0. The fourth-order valence-electron chi connectivity index (χ4n) is 2.37. The molecule has 1 aliphatic carbocycles. The zero-order chi connectivity index (χ0) is 9.90. The van der Waals surface area contributed by atoms with Gasteiger partial charge in [-0.3, -0.25) is 9.18 Å². The van der Waals surface area contributed by atoms with Crippen LogP contribution in [0, 0.1) is 11.3 Å². The van der Waals surface area contributed by atoms with Crippen LogP contribution < -0.4 is 0 Å². The molecule has 0 aliphatic heterocycles. The molecule has 2 atom stereocenters. The predicted octanol–water partition coefficient (Wildman–Crippen LogP) is 2.63. The summed E-state index contributed by atoms with van der Waals surface area (Å²) in [4.78, 5) is 11.0. The Labute approximate surface area is 78.1 Å². The standard InChI is InChI=1S/C10H17FO2/c1-8-3-2-4-10(7-8,5-6-11)9(12)13/h8H,2-7H2,1H3,(H,12,13). The summed E-state index contributed by atoms with van der Waals surface area (Å²) in [6, 6.07) is 0. The van der Waals surface area contributed by atoms with Crippen LogP contribution in [0.25, 0.3) is 0 Å². The minimum atomic E-state index is -0.809. The molecule has 1 fully saturated rings. The summed E-state index contributed by atoms with van der Waals surface area (Å²) < 4.78 is 12.2. The Balaban J connectivity index is 2.70. The average molecular weight is 188 g/mol. The first-order chi connectivity index (χ1) is 6.10. The lowest BCUT2D eigenvalue weighted by Gasteiger charge is -2.35. The fourth-order valence-corrected chi connectivity index (χ4v) is 2.37. The SMILES string of the molecule is CC1CCCC(CCF)(C(=O)O)C1. The second-order valence-corrected chi connectivity index (χ2v) is 4.23. The fraction of sp³-hybridized carbons (Fsp3) is 0.900. The second kappa shape index (κ2) is 4.07. The van der Waals surface area contributed by atoms with Crippen molar-refractivity contribution in [2.45, 2.75) is 39.0 Å². The summed E-state index contributed by atoms with van der Waals surface area (Å²) in [5.41, 5.74) is -0.758. The average Bonchev–Trinajstić information content (AvgIpc) is 2.04. The van der Waals surface area contributed by atoms with Crippen LogP contribution in [0.1, 0.15) is 39.0 Å². The number of carboxylic acid groups (broad SMARTS) is 1. The van der Waals surface area contributed by atoms with E-state index in [1.165, 1.54) is 0 Å². The molecular weight excluding hydrogens is 171 g/mol. The number of alkyl halides is 1. The van der Waals surface area contributed by atoms with Crippen LogP contribution in [-0.2, 0) is 4.79 Å². The van der Waals surface area contributed by atoms with Gasteiger partial charge in [0.2, 0.25) is 0 Å². The molecule has 0 saturated heterocycles. The first kappa shape index (κ1) is 10.5. The van der Waals surface area contributed by atoms with E-state index < -0.39 is 18.1 Å². The summed E-state index contributed by atoms with van der Waals surface area (Å²) in [6.45, 7) is 1.54. The van der Waals surface area contributed by atoms with Gasteiger partial charge in [-0.2, -0.15) is 0 Å². The van der Waals surface area contributed by atoms with E-state index in [1.807, 2.05) is 0 Å². The highest BCUT2D eigenvalue weighted by molar-refractivity contribution is 5.74. The normalized spacial score (nSPS) is 34.5. The molecule has 1 rings (SSSR count). The van der Waals surface area contributed by atoms with E-state index in [9.17, 15) is 9.18 Å². The van der Waals surface area contributed by atoms with Gasteiger partial charge < -0.3 is 5.11 Å². The third-order valence-electron chi connectivity index (χ3n) is 3.12. The van der Waals surface area contributed by atoms with Gasteiger partial charge in [-0.05, 0) is 25.2 Å². The van der Waals surface area contributed by atoms with Crippen molar-refractivity contribution in [3.63, 3.8) is 0 Å². The topological polar surface area (TPSA) is 37.3 Å². The van der Waals surface area contributed by atoms with Crippen molar-refractivity contribution in [2.24, 2.45) is 11.3 Å². The van der Waals surface area contributed by atoms with Crippen LogP contribution in [0.4, 0.5) is 4.39 Å². The molecule has 13 heavy (non-hydrogen) atoms. The van der Waals surface area contributed by atoms with Gasteiger partial charge in [0.15, 0.2) is 0 Å². The Bertz CT molecular complexity index is 189. The van der Waals surface area contributed by atoms with Gasteiger partial charge in [-0.1, -0.05) is 19.8 Å². The third-order valence-corrected chi connectivity index (χ3v) is 3.12. The van der Waals surface area contributed by atoms with E-state index in [0.717, 1.165) is 12.8 Å². The molecule has 0 aromatic rings. The maximum absolute atomic E-state index is 12.2. The minimum Gasteiger partial charge on any atom is -0.481 e. The molecule has 2 nitrogen and oxygen atoms in total. The van der Waals surface area contributed by atoms with Gasteiger partial charge >= 0.3 is 5.97 Å².